The van der Waals surface area contributed by atoms with Crippen molar-refractivity contribution in [2.75, 3.05) is 6.54 Å². The molecule has 0 saturated heterocycles. The molecule has 1 rings (SSSR count). The Hall–Kier alpha value is -1.26. The van der Waals surface area contributed by atoms with Crippen molar-refractivity contribution in [3.63, 3.8) is 0 Å². The molecular formula is C17H25N. The van der Waals surface area contributed by atoms with Gasteiger partial charge in [-0.3, -0.25) is 0 Å². The lowest BCUT2D eigenvalue weighted by Gasteiger charge is -2.19. The Kier molecular flexibility index (Phi) is 7.22. The van der Waals surface area contributed by atoms with Crippen LogP contribution in [-0.2, 0) is 6.42 Å². The Bertz CT molecular complexity index is 358. The first-order valence-corrected chi connectivity index (χ1v) is 7.07. The zero-order valence-electron chi connectivity index (χ0n) is 11.7. The third-order valence-electron chi connectivity index (χ3n) is 3.24. The van der Waals surface area contributed by atoms with Crippen LogP contribution in [0.2, 0.25) is 0 Å². The number of hydrogen-bond acceptors (Lipinski definition) is 1. The van der Waals surface area contributed by atoms with E-state index in [0.717, 1.165) is 32.2 Å². The van der Waals surface area contributed by atoms with Crippen molar-refractivity contribution in [2.45, 2.75) is 52.0 Å². The average Bonchev–Trinajstić information content (AvgIpc) is 2.43. The van der Waals surface area contributed by atoms with Crippen LogP contribution in [0.25, 0.3) is 0 Å². The van der Waals surface area contributed by atoms with Gasteiger partial charge in [-0.25, -0.2) is 0 Å². The first-order chi connectivity index (χ1) is 8.81. The van der Waals surface area contributed by atoms with Crippen molar-refractivity contribution >= 4 is 0 Å². The molecule has 0 aliphatic heterocycles. The van der Waals surface area contributed by atoms with Gasteiger partial charge in [0.15, 0.2) is 0 Å². The SMILES string of the molecule is C#CCCCC(NCCC)c1ccc(CC)cc1. The smallest absolute Gasteiger partial charge is 0.0320 e. The zero-order valence-corrected chi connectivity index (χ0v) is 11.7. The average molecular weight is 243 g/mol. The molecule has 1 atom stereocenters. The topological polar surface area (TPSA) is 12.0 Å². The number of benzene rings is 1. The summed E-state index contributed by atoms with van der Waals surface area (Å²) in [5, 5.41) is 3.61. The van der Waals surface area contributed by atoms with Crippen LogP contribution in [-0.4, -0.2) is 6.54 Å². The molecule has 1 heteroatoms. The minimum Gasteiger partial charge on any atom is -0.310 e. The molecule has 1 aromatic rings. The van der Waals surface area contributed by atoms with Gasteiger partial charge < -0.3 is 5.32 Å². The summed E-state index contributed by atoms with van der Waals surface area (Å²) >= 11 is 0. The Balaban J connectivity index is 2.64. The standard InChI is InChI=1S/C17H25N/c1-4-7-8-9-17(18-14-5-2)16-12-10-15(6-3)11-13-16/h1,10-13,17-18H,5-9,14H2,2-3H3. The summed E-state index contributed by atoms with van der Waals surface area (Å²) in [6.07, 6.45) is 10.7. The molecule has 0 aliphatic rings. The van der Waals surface area contributed by atoms with Crippen molar-refractivity contribution in [1.82, 2.24) is 5.32 Å². The maximum Gasteiger partial charge on any atom is 0.0320 e. The zero-order chi connectivity index (χ0) is 13.2. The lowest BCUT2D eigenvalue weighted by atomic mass is 9.99. The van der Waals surface area contributed by atoms with E-state index in [9.17, 15) is 0 Å². The van der Waals surface area contributed by atoms with E-state index in [1.54, 1.807) is 0 Å². The lowest BCUT2D eigenvalue weighted by Crippen LogP contribution is -2.22. The van der Waals surface area contributed by atoms with Crippen LogP contribution in [0.15, 0.2) is 24.3 Å². The van der Waals surface area contributed by atoms with Crippen molar-refractivity contribution in [1.29, 1.82) is 0 Å². The highest BCUT2D eigenvalue weighted by Crippen LogP contribution is 2.20. The quantitative estimate of drug-likeness (QED) is 0.535. The van der Waals surface area contributed by atoms with Crippen LogP contribution in [0.3, 0.4) is 0 Å². The summed E-state index contributed by atoms with van der Waals surface area (Å²) in [6, 6.07) is 9.42. The second kappa shape index (κ2) is 8.78. The first kappa shape index (κ1) is 14.8. The van der Waals surface area contributed by atoms with Crippen LogP contribution >= 0.6 is 0 Å². The van der Waals surface area contributed by atoms with Gasteiger partial charge in [-0.2, -0.15) is 0 Å². The summed E-state index contributed by atoms with van der Waals surface area (Å²) < 4.78 is 0. The van der Waals surface area contributed by atoms with Gasteiger partial charge in [0.25, 0.3) is 0 Å². The molecule has 1 unspecified atom stereocenters. The van der Waals surface area contributed by atoms with Gasteiger partial charge in [-0.1, -0.05) is 38.1 Å². The second-order valence-electron chi connectivity index (χ2n) is 4.70. The molecule has 1 nitrogen and oxygen atoms in total. The van der Waals surface area contributed by atoms with E-state index < -0.39 is 0 Å². The van der Waals surface area contributed by atoms with E-state index in [0.29, 0.717) is 6.04 Å². The summed E-state index contributed by atoms with van der Waals surface area (Å²) in [5.74, 6) is 2.72. The number of terminal acetylenes is 1. The third kappa shape index (κ3) is 4.94. The van der Waals surface area contributed by atoms with Gasteiger partial charge in [0.05, 0.1) is 0 Å². The fourth-order valence-electron chi connectivity index (χ4n) is 2.10. The van der Waals surface area contributed by atoms with Gasteiger partial charge in [-0.05, 0) is 43.4 Å². The highest BCUT2D eigenvalue weighted by molar-refractivity contribution is 5.25. The third-order valence-corrected chi connectivity index (χ3v) is 3.24. The molecule has 0 aliphatic carbocycles. The van der Waals surface area contributed by atoms with Crippen LogP contribution in [0.1, 0.15) is 56.7 Å². The summed E-state index contributed by atoms with van der Waals surface area (Å²) in [4.78, 5) is 0. The Morgan fingerprint density at radius 1 is 1.22 bits per heavy atom. The highest BCUT2D eigenvalue weighted by Gasteiger charge is 2.09. The molecule has 0 fully saturated rings. The Labute approximate surface area is 112 Å². The van der Waals surface area contributed by atoms with Crippen LogP contribution in [0.5, 0.6) is 0 Å². The normalized spacial score (nSPS) is 12.1. The minimum atomic E-state index is 0.448. The summed E-state index contributed by atoms with van der Waals surface area (Å²) in [6.45, 7) is 5.46. The molecule has 1 N–H and O–H groups in total. The highest BCUT2D eigenvalue weighted by atomic mass is 14.9. The van der Waals surface area contributed by atoms with Gasteiger partial charge in [0.2, 0.25) is 0 Å². The summed E-state index contributed by atoms with van der Waals surface area (Å²) in [5.41, 5.74) is 2.79. The molecule has 0 radical (unpaired) electrons. The molecule has 0 heterocycles. The number of nitrogens with one attached hydrogen (secondary N) is 1. The molecular weight excluding hydrogens is 218 g/mol. The van der Waals surface area contributed by atoms with Crippen molar-refractivity contribution in [3.05, 3.63) is 35.4 Å². The van der Waals surface area contributed by atoms with Crippen molar-refractivity contribution < 1.29 is 0 Å². The van der Waals surface area contributed by atoms with E-state index in [1.807, 2.05) is 0 Å². The van der Waals surface area contributed by atoms with Gasteiger partial charge in [0, 0.05) is 12.5 Å². The van der Waals surface area contributed by atoms with E-state index in [1.165, 1.54) is 17.5 Å². The number of unbranched alkanes of at least 4 members (excludes halogenated alkanes) is 1. The molecule has 98 valence electrons. The monoisotopic (exact) mass is 243 g/mol. The van der Waals surface area contributed by atoms with Gasteiger partial charge in [0.1, 0.15) is 0 Å². The molecule has 0 aromatic heterocycles. The molecule has 18 heavy (non-hydrogen) atoms. The van der Waals surface area contributed by atoms with Crippen molar-refractivity contribution in [2.24, 2.45) is 0 Å². The van der Waals surface area contributed by atoms with Crippen LogP contribution < -0.4 is 5.32 Å². The maximum atomic E-state index is 5.32. The van der Waals surface area contributed by atoms with Crippen LogP contribution in [0, 0.1) is 12.3 Å². The molecule has 0 spiro atoms. The first-order valence-electron chi connectivity index (χ1n) is 7.07. The second-order valence-corrected chi connectivity index (χ2v) is 4.70. The molecule has 0 saturated carbocycles. The van der Waals surface area contributed by atoms with Crippen LogP contribution in [0.4, 0.5) is 0 Å². The van der Waals surface area contributed by atoms with E-state index in [2.05, 4.69) is 49.4 Å². The maximum absolute atomic E-state index is 5.32. The fraction of sp³-hybridized carbons (Fsp3) is 0.529. The van der Waals surface area contributed by atoms with Gasteiger partial charge in [-0.15, -0.1) is 12.3 Å². The number of hydrogen-bond donors (Lipinski definition) is 1. The van der Waals surface area contributed by atoms with E-state index >= 15 is 0 Å². The van der Waals surface area contributed by atoms with Gasteiger partial charge >= 0.3 is 0 Å². The predicted molar refractivity (Wildman–Crippen MR) is 79.5 cm³/mol. The largest absolute Gasteiger partial charge is 0.310 e. The number of rotatable bonds is 8. The minimum absolute atomic E-state index is 0.448. The van der Waals surface area contributed by atoms with E-state index in [-0.39, 0.29) is 0 Å². The predicted octanol–water partition coefficient (Wildman–Crippen LogP) is 4.09. The lowest BCUT2D eigenvalue weighted by molar-refractivity contribution is 0.487. The van der Waals surface area contributed by atoms with Crippen molar-refractivity contribution in [3.8, 4) is 12.3 Å². The molecule has 0 bridgehead atoms. The Morgan fingerprint density at radius 2 is 1.94 bits per heavy atom. The Morgan fingerprint density at radius 3 is 2.50 bits per heavy atom. The number of aryl methyl sites for hydroxylation is 1. The van der Waals surface area contributed by atoms with E-state index in [4.69, 9.17) is 6.42 Å². The fourth-order valence-corrected chi connectivity index (χ4v) is 2.10. The molecule has 1 aromatic carbocycles. The molecule has 0 amide bonds. The summed E-state index contributed by atoms with van der Waals surface area (Å²) in [7, 11) is 0.